The summed E-state index contributed by atoms with van der Waals surface area (Å²) in [6.07, 6.45) is 0. The average molecular weight is 517 g/mol. The molecule has 2 aliphatic heterocycles. The molecule has 2 aliphatic rings. The maximum absolute atomic E-state index is 13.0. The van der Waals surface area contributed by atoms with Crippen molar-refractivity contribution >= 4 is 80.2 Å². The Bertz CT molecular complexity index is 1360. The number of rotatable bonds is 6. The summed E-state index contributed by atoms with van der Waals surface area (Å²) in [4.78, 5) is 52.9. The van der Waals surface area contributed by atoms with Gasteiger partial charge in [0.2, 0.25) is 11.0 Å². The van der Waals surface area contributed by atoms with Gasteiger partial charge in [0.25, 0.3) is 11.8 Å². The number of hydrogen-bond acceptors (Lipinski definition) is 11. The van der Waals surface area contributed by atoms with E-state index in [2.05, 4.69) is 33.1 Å². The zero-order valence-corrected chi connectivity index (χ0v) is 19.9. The molecule has 2 amide bonds. The summed E-state index contributed by atoms with van der Waals surface area (Å²) >= 11 is 6.49. The van der Waals surface area contributed by atoms with Gasteiger partial charge < -0.3 is 20.3 Å². The summed E-state index contributed by atoms with van der Waals surface area (Å²) in [5.41, 5.74) is 7.52. The highest BCUT2D eigenvalue weighted by Crippen LogP contribution is 2.44. The number of fused-ring (bicyclic) bond motifs is 2. The van der Waals surface area contributed by atoms with Gasteiger partial charge in [0.15, 0.2) is 16.4 Å². The van der Waals surface area contributed by atoms with Crippen molar-refractivity contribution in [3.63, 3.8) is 0 Å². The van der Waals surface area contributed by atoms with E-state index in [4.69, 9.17) is 15.0 Å². The molecule has 1 unspecified atom stereocenters. The fourth-order valence-corrected chi connectivity index (χ4v) is 5.81. The van der Waals surface area contributed by atoms with Crippen molar-refractivity contribution in [1.82, 2.24) is 20.2 Å². The summed E-state index contributed by atoms with van der Waals surface area (Å²) in [5, 5.41) is 7.09. The number of benzene rings is 1. The Hall–Kier alpha value is -3.36. The normalized spacial score (nSPS) is 20.2. The van der Waals surface area contributed by atoms with Crippen LogP contribution in [0.4, 0.5) is 5.13 Å². The number of β-lactam (4-membered cyclic amide) rings is 1. The van der Waals surface area contributed by atoms with Crippen LogP contribution in [0.1, 0.15) is 11.6 Å². The first-order chi connectivity index (χ1) is 16.4. The van der Waals surface area contributed by atoms with Crippen LogP contribution in [0.3, 0.4) is 0 Å². The fourth-order valence-electron chi connectivity index (χ4n) is 3.69. The molecule has 3 N–H and O–H groups in total. The summed E-state index contributed by atoms with van der Waals surface area (Å²) in [6, 6.07) is 6.31. The van der Waals surface area contributed by atoms with E-state index in [-0.39, 0.29) is 28.1 Å². The number of aromatic nitrogens is 2. The van der Waals surface area contributed by atoms with Crippen molar-refractivity contribution in [3.8, 4) is 0 Å². The topological polar surface area (TPSA) is 153 Å². The van der Waals surface area contributed by atoms with Gasteiger partial charge in [0, 0.05) is 11.1 Å². The summed E-state index contributed by atoms with van der Waals surface area (Å²) in [5.74, 6) is -0.540. The van der Waals surface area contributed by atoms with Gasteiger partial charge in [0.05, 0.1) is 5.57 Å². The molecule has 2 atom stereocenters. The molecule has 0 radical (unpaired) electrons. The number of carbonyl (C=O) groups excluding carboxylic acids is 3. The molecule has 5 rings (SSSR count). The predicted molar refractivity (Wildman–Crippen MR) is 130 cm³/mol. The number of nitrogens with zero attached hydrogens (tertiary/aromatic N) is 4. The maximum atomic E-state index is 13.0. The van der Waals surface area contributed by atoms with Gasteiger partial charge >= 0.3 is 0 Å². The minimum atomic E-state index is -0.886. The molecule has 0 saturated carbocycles. The lowest BCUT2D eigenvalue weighted by molar-refractivity contribution is -0.145. The summed E-state index contributed by atoms with van der Waals surface area (Å²) < 4.78 is 5.81. The molecular formula is C20H16N6O5S3. The largest absolute Gasteiger partial charge is 0.436 e. The molecule has 2 aromatic heterocycles. The zero-order chi connectivity index (χ0) is 24.0. The van der Waals surface area contributed by atoms with Crippen LogP contribution < -0.4 is 11.1 Å². The first-order valence-electron chi connectivity index (χ1n) is 9.79. The van der Waals surface area contributed by atoms with Gasteiger partial charge in [-0.15, -0.1) is 23.1 Å². The lowest BCUT2D eigenvalue weighted by Gasteiger charge is -2.49. The number of nitrogen functional groups attached to an aromatic ring is 1. The van der Waals surface area contributed by atoms with Crippen molar-refractivity contribution < 1.29 is 23.6 Å². The zero-order valence-electron chi connectivity index (χ0n) is 17.4. The lowest BCUT2D eigenvalue weighted by atomic mass is 10.0. The van der Waals surface area contributed by atoms with Crippen molar-refractivity contribution in [3.05, 3.63) is 46.9 Å². The maximum Gasteiger partial charge on any atom is 0.276 e. The van der Waals surface area contributed by atoms with Crippen molar-refractivity contribution in [2.75, 3.05) is 18.6 Å². The van der Waals surface area contributed by atoms with Gasteiger partial charge in [-0.3, -0.25) is 19.3 Å². The monoisotopic (exact) mass is 516 g/mol. The summed E-state index contributed by atoms with van der Waals surface area (Å²) in [7, 11) is 1.29. The Morgan fingerprint density at radius 2 is 2.15 bits per heavy atom. The molecule has 3 aromatic rings. The molecule has 174 valence electrons. The van der Waals surface area contributed by atoms with Crippen LogP contribution in [0.2, 0.25) is 0 Å². The van der Waals surface area contributed by atoms with E-state index in [1.165, 1.54) is 23.8 Å². The highest BCUT2D eigenvalue weighted by molar-refractivity contribution is 8.00. The summed E-state index contributed by atoms with van der Waals surface area (Å²) in [6.45, 7) is 0. The second kappa shape index (κ2) is 8.77. The van der Waals surface area contributed by atoms with Gasteiger partial charge in [-0.05, 0) is 12.1 Å². The number of thiazole rings is 1. The van der Waals surface area contributed by atoms with E-state index in [0.717, 1.165) is 11.3 Å². The van der Waals surface area contributed by atoms with Crippen molar-refractivity contribution in [2.45, 2.75) is 11.4 Å². The van der Waals surface area contributed by atoms with Gasteiger partial charge in [-0.2, -0.15) is 0 Å². The second-order valence-corrected chi connectivity index (χ2v) is 9.57. The number of anilines is 1. The third-order valence-electron chi connectivity index (χ3n) is 5.17. The number of hydrogen-bond donors (Lipinski definition) is 3. The highest BCUT2D eigenvalue weighted by atomic mass is 32.2. The molecule has 1 fully saturated rings. The third kappa shape index (κ3) is 3.73. The molecule has 0 bridgehead atoms. The Balaban J connectivity index is 1.41. The lowest BCUT2D eigenvalue weighted by Crippen LogP contribution is -2.70. The second-order valence-electron chi connectivity index (χ2n) is 7.17. The van der Waals surface area contributed by atoms with E-state index in [1.54, 1.807) is 17.5 Å². The molecule has 4 heterocycles. The van der Waals surface area contributed by atoms with Crippen LogP contribution in [0.5, 0.6) is 0 Å². The van der Waals surface area contributed by atoms with Crippen LogP contribution >= 0.6 is 35.7 Å². The van der Waals surface area contributed by atoms with Gasteiger partial charge in [-0.25, -0.2) is 9.97 Å². The molecular weight excluding hydrogens is 500 g/mol. The Labute approximate surface area is 205 Å². The Morgan fingerprint density at radius 3 is 2.82 bits per heavy atom. The quantitative estimate of drug-likeness (QED) is 0.191. The molecule has 0 aliphatic carbocycles. The molecule has 11 nitrogen and oxygen atoms in total. The number of carbonyl (C=O) groups is 3. The Kier molecular flexibility index (Phi) is 5.79. The number of amides is 2. The van der Waals surface area contributed by atoms with Crippen LogP contribution in [0.25, 0.3) is 16.7 Å². The number of oxazole rings is 1. The van der Waals surface area contributed by atoms with E-state index in [1.807, 2.05) is 12.1 Å². The molecule has 1 saturated heterocycles. The van der Waals surface area contributed by atoms with Crippen molar-refractivity contribution in [1.29, 1.82) is 0 Å². The smallest absolute Gasteiger partial charge is 0.276 e. The third-order valence-corrected chi connectivity index (χ3v) is 7.34. The highest BCUT2D eigenvalue weighted by Gasteiger charge is 2.54. The number of oxime groups is 1. The number of para-hydroxylation sites is 2. The fraction of sp³-hybridized carbons (Fsp3) is 0.200. The SMILES string of the molecule is CO/N=C(/C(=O)NC1C(=O)N2C(C(=O)S)=C(c3nc4ccccc4o3)CS[C@H]12)c1csc(N)n1. The van der Waals surface area contributed by atoms with E-state index in [0.29, 0.717) is 22.4 Å². The first-order valence-corrected chi connectivity index (χ1v) is 12.2. The standard InChI is InChI=1S/C20H16N6O5S3/c1-30-25-12(10-7-34-20(21)23-10)15(27)24-13-17(28)26-14(19(29)32)8(6-33-18(13)26)16-22-9-4-2-3-5-11(9)31-16/h2-5,7,13,18H,6H2,1H3,(H2,21,23)(H,24,27)(H,29,32)/b25-12+/t13?,18-/m1/s1. The van der Waals surface area contributed by atoms with E-state index in [9.17, 15) is 14.4 Å². The minimum Gasteiger partial charge on any atom is -0.436 e. The molecule has 1 aromatic carbocycles. The van der Waals surface area contributed by atoms with Crippen molar-refractivity contribution in [2.24, 2.45) is 5.16 Å². The molecule has 0 spiro atoms. The predicted octanol–water partition coefficient (Wildman–Crippen LogP) is 1.48. The number of thioether (sulfide) groups is 1. The average Bonchev–Trinajstić information content (AvgIpc) is 3.45. The molecule has 14 heteroatoms. The number of nitrogens with two attached hydrogens (primary N) is 1. The molecule has 34 heavy (non-hydrogen) atoms. The van der Waals surface area contributed by atoms with Gasteiger partial charge in [-0.1, -0.05) is 29.9 Å². The van der Waals surface area contributed by atoms with Crippen LogP contribution in [0, 0.1) is 0 Å². The Morgan fingerprint density at radius 1 is 1.35 bits per heavy atom. The van der Waals surface area contributed by atoms with E-state index >= 15 is 0 Å². The first kappa shape index (κ1) is 22.4. The number of nitrogens with one attached hydrogen (secondary N) is 1. The van der Waals surface area contributed by atoms with Crippen LogP contribution in [-0.2, 0) is 19.2 Å². The number of thiol groups is 1. The minimum absolute atomic E-state index is 0.0900. The van der Waals surface area contributed by atoms with Gasteiger partial charge in [0.1, 0.15) is 35.4 Å². The van der Waals surface area contributed by atoms with Crippen LogP contribution in [-0.4, -0.2) is 61.8 Å². The van der Waals surface area contributed by atoms with E-state index < -0.39 is 28.3 Å². The van der Waals surface area contributed by atoms with Crippen LogP contribution in [0.15, 0.2) is 44.9 Å².